The van der Waals surface area contributed by atoms with Gasteiger partial charge in [-0.15, -0.1) is 0 Å². The number of rotatable bonds is 12. The van der Waals surface area contributed by atoms with Crippen molar-refractivity contribution < 1.29 is 28.5 Å². The SMILES string of the molecule is CCOC(=O)C1=C(C)N=c2s/c(=C/c3cn(-c4ccccc4)nc3-c3ccc(OCCC(C)C)cc3)c(=O)n2C1c1ccc(OC(C)=O)c(OC)c1. The van der Waals surface area contributed by atoms with Crippen molar-refractivity contribution >= 4 is 29.4 Å². The fourth-order valence-corrected chi connectivity index (χ4v) is 6.93. The molecule has 0 saturated heterocycles. The first-order valence-corrected chi connectivity index (χ1v) is 17.8. The lowest BCUT2D eigenvalue weighted by molar-refractivity contribution is -0.139. The summed E-state index contributed by atoms with van der Waals surface area (Å²) in [6.07, 6.45) is 4.66. The quantitative estimate of drug-likeness (QED) is 0.114. The Balaban J connectivity index is 1.49. The van der Waals surface area contributed by atoms with Gasteiger partial charge < -0.3 is 18.9 Å². The van der Waals surface area contributed by atoms with Crippen molar-refractivity contribution in [3.8, 4) is 34.2 Å². The normalized spacial score (nSPS) is 14.2. The summed E-state index contributed by atoms with van der Waals surface area (Å²) < 4.78 is 25.9. The third kappa shape index (κ3) is 7.62. The number of esters is 2. The van der Waals surface area contributed by atoms with Crippen molar-refractivity contribution in [2.45, 2.75) is 47.1 Å². The number of carbonyl (C=O) groups is 2. The number of methoxy groups -OCH3 is 1. The van der Waals surface area contributed by atoms with Crippen LogP contribution in [0.1, 0.15) is 58.2 Å². The van der Waals surface area contributed by atoms with Gasteiger partial charge in [0.25, 0.3) is 5.56 Å². The van der Waals surface area contributed by atoms with E-state index >= 15 is 0 Å². The van der Waals surface area contributed by atoms with Gasteiger partial charge in [-0.1, -0.05) is 49.4 Å². The maximum Gasteiger partial charge on any atom is 0.338 e. The van der Waals surface area contributed by atoms with Gasteiger partial charge in [0.05, 0.1) is 47.9 Å². The molecule has 5 aromatic rings. The van der Waals surface area contributed by atoms with Gasteiger partial charge >= 0.3 is 11.9 Å². The van der Waals surface area contributed by atoms with Crippen LogP contribution in [0.5, 0.6) is 17.2 Å². The Morgan fingerprint density at radius 3 is 2.44 bits per heavy atom. The van der Waals surface area contributed by atoms with Crippen LogP contribution in [-0.4, -0.2) is 46.6 Å². The lowest BCUT2D eigenvalue weighted by Gasteiger charge is -2.25. The average molecular weight is 721 g/mol. The molecule has 12 heteroatoms. The fraction of sp³-hybridized carbons (Fsp3) is 0.275. The molecular formula is C40H40N4O7S. The van der Waals surface area contributed by atoms with Crippen molar-refractivity contribution in [2.24, 2.45) is 10.9 Å². The maximum atomic E-state index is 14.5. The van der Waals surface area contributed by atoms with E-state index in [-0.39, 0.29) is 29.2 Å². The number of fused-ring (bicyclic) bond motifs is 1. The first kappa shape index (κ1) is 36.1. The zero-order valence-electron chi connectivity index (χ0n) is 29.9. The molecule has 0 amide bonds. The van der Waals surface area contributed by atoms with Crippen molar-refractivity contribution in [1.82, 2.24) is 14.3 Å². The Morgan fingerprint density at radius 1 is 1.02 bits per heavy atom. The van der Waals surface area contributed by atoms with Crippen LogP contribution in [0.25, 0.3) is 23.0 Å². The predicted molar refractivity (Wildman–Crippen MR) is 199 cm³/mol. The Bertz CT molecular complexity index is 2320. The number of nitrogens with zero attached hydrogens (tertiary/aromatic N) is 4. The lowest BCUT2D eigenvalue weighted by atomic mass is 9.95. The van der Waals surface area contributed by atoms with E-state index in [0.717, 1.165) is 23.4 Å². The number of ether oxygens (including phenoxy) is 4. The fourth-order valence-electron chi connectivity index (χ4n) is 5.89. The third-order valence-electron chi connectivity index (χ3n) is 8.42. The summed E-state index contributed by atoms with van der Waals surface area (Å²) in [5.74, 6) is 0.690. The van der Waals surface area contributed by atoms with Crippen LogP contribution < -0.4 is 29.1 Å². The molecule has 0 bridgehead atoms. The van der Waals surface area contributed by atoms with Gasteiger partial charge in [0, 0.05) is 24.2 Å². The highest BCUT2D eigenvalue weighted by Crippen LogP contribution is 2.36. The molecule has 3 heterocycles. The second-order valence-corrected chi connectivity index (χ2v) is 13.6. The van der Waals surface area contributed by atoms with Gasteiger partial charge in [0.15, 0.2) is 16.3 Å². The zero-order chi connectivity index (χ0) is 36.9. The number of carbonyl (C=O) groups excluding carboxylic acids is 2. The van der Waals surface area contributed by atoms with Crippen molar-refractivity contribution in [3.05, 3.63) is 121 Å². The lowest BCUT2D eigenvalue weighted by Crippen LogP contribution is -2.40. The smallest absolute Gasteiger partial charge is 0.338 e. The van der Waals surface area contributed by atoms with Crippen LogP contribution in [0.2, 0.25) is 0 Å². The summed E-state index contributed by atoms with van der Waals surface area (Å²) in [6, 6.07) is 21.5. The number of hydrogen-bond donors (Lipinski definition) is 0. The van der Waals surface area contributed by atoms with E-state index in [2.05, 4.69) is 13.8 Å². The summed E-state index contributed by atoms with van der Waals surface area (Å²) in [4.78, 5) is 44.8. The molecule has 6 rings (SSSR count). The summed E-state index contributed by atoms with van der Waals surface area (Å²) >= 11 is 1.21. The molecule has 0 N–H and O–H groups in total. The van der Waals surface area contributed by atoms with Crippen LogP contribution in [0.4, 0.5) is 0 Å². The Labute approximate surface area is 305 Å². The van der Waals surface area contributed by atoms with Crippen LogP contribution in [-0.2, 0) is 14.3 Å². The molecule has 1 aliphatic rings. The van der Waals surface area contributed by atoms with Crippen molar-refractivity contribution in [3.63, 3.8) is 0 Å². The molecule has 0 fully saturated rings. The second kappa shape index (κ2) is 15.6. The third-order valence-corrected chi connectivity index (χ3v) is 9.40. The minimum atomic E-state index is -0.896. The summed E-state index contributed by atoms with van der Waals surface area (Å²) in [5, 5.41) is 4.95. The number of para-hydroxylation sites is 1. The molecule has 11 nitrogen and oxygen atoms in total. The van der Waals surface area contributed by atoms with Gasteiger partial charge in [-0.05, 0) is 86.4 Å². The van der Waals surface area contributed by atoms with E-state index in [9.17, 15) is 14.4 Å². The van der Waals surface area contributed by atoms with Gasteiger partial charge in [-0.2, -0.15) is 5.10 Å². The first-order valence-electron chi connectivity index (χ1n) is 17.0. The highest BCUT2D eigenvalue weighted by Gasteiger charge is 2.34. The predicted octanol–water partition coefficient (Wildman–Crippen LogP) is 6.01. The van der Waals surface area contributed by atoms with Gasteiger partial charge in [0.2, 0.25) is 0 Å². The number of aromatic nitrogens is 3. The van der Waals surface area contributed by atoms with E-state index in [0.29, 0.717) is 44.4 Å². The van der Waals surface area contributed by atoms with E-state index in [4.69, 9.17) is 29.0 Å². The van der Waals surface area contributed by atoms with Crippen LogP contribution >= 0.6 is 11.3 Å². The van der Waals surface area contributed by atoms with Crippen LogP contribution in [0.3, 0.4) is 0 Å². The molecule has 3 aromatic carbocycles. The average Bonchev–Trinajstić information content (AvgIpc) is 3.68. The van der Waals surface area contributed by atoms with Crippen molar-refractivity contribution in [2.75, 3.05) is 20.3 Å². The minimum absolute atomic E-state index is 0.140. The number of hydrogen-bond acceptors (Lipinski definition) is 10. The van der Waals surface area contributed by atoms with E-state index in [1.54, 1.807) is 36.7 Å². The minimum Gasteiger partial charge on any atom is -0.494 e. The molecule has 268 valence electrons. The molecule has 0 spiro atoms. The monoisotopic (exact) mass is 720 g/mol. The van der Waals surface area contributed by atoms with Crippen LogP contribution in [0, 0.1) is 5.92 Å². The molecule has 52 heavy (non-hydrogen) atoms. The Morgan fingerprint density at radius 2 is 1.77 bits per heavy atom. The standard InChI is InChI=1S/C40H40N4O7S/c1-7-49-39(47)35-25(4)41-40-44(37(35)28-15-18-32(51-26(5)45)33(21-28)48-6)38(46)34(52-40)22-29-23-43(30-11-9-8-10-12-30)42-36(29)27-13-16-31(17-14-27)50-20-19-24(2)3/h8-18,21-24,37H,7,19-20H2,1-6H3/b34-22+. The molecule has 0 aliphatic carbocycles. The maximum absolute atomic E-state index is 14.5. The zero-order valence-corrected chi connectivity index (χ0v) is 30.7. The number of allylic oxidation sites excluding steroid dienone is 1. The topological polar surface area (TPSA) is 123 Å². The Hall–Kier alpha value is -5.75. The molecule has 1 unspecified atom stereocenters. The van der Waals surface area contributed by atoms with E-state index < -0.39 is 18.0 Å². The van der Waals surface area contributed by atoms with Gasteiger partial charge in [-0.25, -0.2) is 14.5 Å². The highest BCUT2D eigenvalue weighted by atomic mass is 32.1. The molecule has 0 radical (unpaired) electrons. The van der Waals surface area contributed by atoms with Gasteiger partial charge in [0.1, 0.15) is 11.4 Å². The van der Waals surface area contributed by atoms with Crippen LogP contribution in [0.15, 0.2) is 100 Å². The summed E-state index contributed by atoms with van der Waals surface area (Å²) in [7, 11) is 1.45. The Kier molecular flexibility index (Phi) is 10.8. The second-order valence-electron chi connectivity index (χ2n) is 12.6. The van der Waals surface area contributed by atoms with E-state index in [1.807, 2.05) is 66.9 Å². The van der Waals surface area contributed by atoms with E-state index in [1.165, 1.54) is 29.9 Å². The molecule has 0 saturated carbocycles. The largest absolute Gasteiger partial charge is 0.494 e. The van der Waals surface area contributed by atoms with Crippen molar-refractivity contribution in [1.29, 1.82) is 0 Å². The molecular weight excluding hydrogens is 681 g/mol. The molecule has 1 atom stereocenters. The summed E-state index contributed by atoms with van der Waals surface area (Å²) in [6.45, 7) is 9.83. The van der Waals surface area contributed by atoms with Gasteiger partial charge in [-0.3, -0.25) is 14.2 Å². The number of benzene rings is 3. The number of thiazole rings is 1. The first-order chi connectivity index (χ1) is 25.1. The summed E-state index contributed by atoms with van der Waals surface area (Å²) in [5.41, 5.74) is 3.94. The molecule has 2 aromatic heterocycles. The highest BCUT2D eigenvalue weighted by molar-refractivity contribution is 7.07. The molecule has 1 aliphatic heterocycles.